The average Bonchev–Trinajstić information content (AvgIpc) is 3.34. The van der Waals surface area contributed by atoms with Crippen molar-refractivity contribution in [1.29, 1.82) is 0 Å². The van der Waals surface area contributed by atoms with Crippen LogP contribution in [0.25, 0.3) is 0 Å². The third kappa shape index (κ3) is 6.39. The van der Waals surface area contributed by atoms with Crippen molar-refractivity contribution >= 4 is 29.5 Å². The molecule has 4 N–H and O–H groups in total. The van der Waals surface area contributed by atoms with Gasteiger partial charge in [-0.3, -0.25) is 24.0 Å². The van der Waals surface area contributed by atoms with Crippen molar-refractivity contribution < 1.29 is 28.7 Å². The average molecular weight is 502 g/mol. The van der Waals surface area contributed by atoms with E-state index in [9.17, 15) is 24.0 Å². The first kappa shape index (κ1) is 27.1. The molecule has 2 aliphatic heterocycles. The van der Waals surface area contributed by atoms with Gasteiger partial charge in [-0.05, 0) is 31.2 Å². The summed E-state index contributed by atoms with van der Waals surface area (Å²) < 4.78 is 5.26. The van der Waals surface area contributed by atoms with Crippen molar-refractivity contribution in [3.63, 3.8) is 0 Å². The molecule has 1 aromatic carbocycles. The monoisotopic (exact) mass is 501 g/mol. The number of methoxy groups -OCH3 is 1. The molecule has 11 heteroatoms. The minimum atomic E-state index is -1.33. The highest BCUT2D eigenvalue weighted by Gasteiger charge is 2.40. The van der Waals surface area contributed by atoms with E-state index in [-0.39, 0.29) is 12.3 Å². The van der Waals surface area contributed by atoms with Crippen molar-refractivity contribution in [1.82, 2.24) is 26.2 Å². The van der Waals surface area contributed by atoms with Gasteiger partial charge in [0.15, 0.2) is 0 Å². The predicted octanol–water partition coefficient (Wildman–Crippen LogP) is -0.547. The Kier molecular flexibility index (Phi) is 9.03. The molecule has 0 aromatic heterocycles. The highest BCUT2D eigenvalue weighted by atomic mass is 16.5. The molecule has 0 radical (unpaired) electrons. The van der Waals surface area contributed by atoms with Crippen LogP contribution in [0.4, 0.5) is 0 Å². The summed E-state index contributed by atoms with van der Waals surface area (Å²) in [5.74, 6) is -3.07. The summed E-state index contributed by atoms with van der Waals surface area (Å²) in [5, 5.41) is 10.6. The molecule has 196 valence electrons. The standard InChI is InChI=1S/C25H35N5O6/c1-14(2)19-23(34)29-24(36-4)25(35)30-12-8-11-18(30)22(33)27-17(13-16-9-6-5-7-10-16)21(32)26-15(3)20(31)28-19/h5-7,9-10,14-15,17-19,24H,8,11-13H2,1-4H3,(H,26,32)(H,27,33)(H,28,31)(H,29,34)/t15-,17+,18+,19+,24-/m1/s1. The lowest BCUT2D eigenvalue weighted by Crippen LogP contribution is -2.59. The second-order valence-corrected chi connectivity index (χ2v) is 9.53. The van der Waals surface area contributed by atoms with Crippen LogP contribution in [0.1, 0.15) is 39.2 Å². The molecule has 3 rings (SSSR count). The zero-order valence-corrected chi connectivity index (χ0v) is 21.1. The third-order valence-corrected chi connectivity index (χ3v) is 6.49. The summed E-state index contributed by atoms with van der Waals surface area (Å²) in [5.41, 5.74) is 0.821. The van der Waals surface area contributed by atoms with Gasteiger partial charge >= 0.3 is 0 Å². The van der Waals surface area contributed by atoms with Crippen LogP contribution < -0.4 is 21.3 Å². The van der Waals surface area contributed by atoms with Crippen molar-refractivity contribution in [3.8, 4) is 0 Å². The lowest BCUT2D eigenvalue weighted by atomic mass is 10.0. The number of fused-ring (bicyclic) bond motifs is 1. The predicted molar refractivity (Wildman–Crippen MR) is 130 cm³/mol. The molecule has 2 fully saturated rings. The molecule has 2 aliphatic rings. The zero-order valence-electron chi connectivity index (χ0n) is 21.1. The van der Waals surface area contributed by atoms with Crippen molar-refractivity contribution in [2.24, 2.45) is 5.92 Å². The molecule has 2 saturated heterocycles. The van der Waals surface area contributed by atoms with Gasteiger partial charge in [-0.15, -0.1) is 0 Å². The molecule has 0 aliphatic carbocycles. The number of nitrogens with zero attached hydrogens (tertiary/aromatic N) is 1. The quantitative estimate of drug-likeness (QED) is 0.436. The fourth-order valence-electron chi connectivity index (χ4n) is 4.41. The third-order valence-electron chi connectivity index (χ3n) is 6.49. The van der Waals surface area contributed by atoms with E-state index in [1.54, 1.807) is 13.8 Å². The van der Waals surface area contributed by atoms with Gasteiger partial charge in [0, 0.05) is 20.1 Å². The summed E-state index contributed by atoms with van der Waals surface area (Å²) in [6.45, 7) is 5.31. The first-order valence-corrected chi connectivity index (χ1v) is 12.2. The van der Waals surface area contributed by atoms with Crippen LogP contribution in [0.5, 0.6) is 0 Å². The van der Waals surface area contributed by atoms with Crippen LogP contribution in [0.15, 0.2) is 30.3 Å². The van der Waals surface area contributed by atoms with E-state index in [1.807, 2.05) is 30.3 Å². The molecular weight excluding hydrogens is 466 g/mol. The molecular formula is C25H35N5O6. The van der Waals surface area contributed by atoms with Gasteiger partial charge in [-0.25, -0.2) is 0 Å². The summed E-state index contributed by atoms with van der Waals surface area (Å²) in [6.07, 6.45) is -0.132. The van der Waals surface area contributed by atoms with E-state index in [0.717, 1.165) is 5.56 Å². The van der Waals surface area contributed by atoms with Crippen LogP contribution in [0.3, 0.4) is 0 Å². The number of amides is 5. The Bertz CT molecular complexity index is 984. The van der Waals surface area contributed by atoms with Crippen molar-refractivity contribution in [3.05, 3.63) is 35.9 Å². The molecule has 0 spiro atoms. The normalized spacial score (nSPS) is 28.4. The number of benzene rings is 1. The molecule has 0 saturated carbocycles. The summed E-state index contributed by atoms with van der Waals surface area (Å²) in [4.78, 5) is 67.0. The van der Waals surface area contributed by atoms with Crippen LogP contribution in [0.2, 0.25) is 0 Å². The van der Waals surface area contributed by atoms with Crippen molar-refractivity contribution in [2.45, 2.75) is 70.4 Å². The van der Waals surface area contributed by atoms with E-state index in [4.69, 9.17) is 4.74 Å². The SMILES string of the molecule is CO[C@H]1NC(=O)[C@H](C(C)C)NC(=O)[C@@H](C)NC(=O)[C@H](Cc2ccccc2)NC(=O)[C@@H]2CCCN2C1=O. The topological polar surface area (TPSA) is 146 Å². The molecule has 0 bridgehead atoms. The van der Waals surface area contributed by atoms with Gasteiger partial charge in [0.05, 0.1) is 0 Å². The Balaban J connectivity index is 1.96. The van der Waals surface area contributed by atoms with Crippen LogP contribution in [-0.2, 0) is 35.1 Å². The lowest BCUT2D eigenvalue weighted by Gasteiger charge is -2.30. The van der Waals surface area contributed by atoms with E-state index in [1.165, 1.54) is 18.9 Å². The fraction of sp³-hybridized carbons (Fsp3) is 0.560. The van der Waals surface area contributed by atoms with E-state index >= 15 is 0 Å². The Morgan fingerprint density at radius 1 is 0.917 bits per heavy atom. The van der Waals surface area contributed by atoms with E-state index < -0.39 is 59.9 Å². The van der Waals surface area contributed by atoms with E-state index in [2.05, 4.69) is 21.3 Å². The molecule has 36 heavy (non-hydrogen) atoms. The highest BCUT2D eigenvalue weighted by molar-refractivity contribution is 5.97. The van der Waals surface area contributed by atoms with Gasteiger partial charge in [0.25, 0.3) is 5.91 Å². The minimum Gasteiger partial charge on any atom is -0.353 e. The molecule has 5 atom stereocenters. The summed E-state index contributed by atoms with van der Waals surface area (Å²) in [6, 6.07) is 5.44. The number of rotatable bonds is 4. The smallest absolute Gasteiger partial charge is 0.273 e. The second kappa shape index (κ2) is 12.0. The maximum absolute atomic E-state index is 13.3. The van der Waals surface area contributed by atoms with Gasteiger partial charge in [-0.2, -0.15) is 0 Å². The maximum atomic E-state index is 13.3. The molecule has 5 amide bonds. The number of carbonyl (C=O) groups excluding carboxylic acids is 5. The number of ether oxygens (including phenoxy) is 1. The Labute approximate surface area is 210 Å². The lowest BCUT2D eigenvalue weighted by molar-refractivity contribution is -0.151. The summed E-state index contributed by atoms with van der Waals surface area (Å²) in [7, 11) is 1.28. The molecule has 0 unspecified atom stereocenters. The first-order chi connectivity index (χ1) is 17.1. The Hall–Kier alpha value is -3.47. The van der Waals surface area contributed by atoms with Gasteiger partial charge < -0.3 is 30.9 Å². The number of nitrogens with one attached hydrogen (secondary N) is 4. The maximum Gasteiger partial charge on any atom is 0.273 e. The molecule has 1 aromatic rings. The minimum absolute atomic E-state index is 0.197. The molecule has 2 heterocycles. The molecule has 11 nitrogen and oxygen atoms in total. The number of hydrogen-bond acceptors (Lipinski definition) is 6. The van der Waals surface area contributed by atoms with Gasteiger partial charge in [0.1, 0.15) is 24.2 Å². The highest BCUT2D eigenvalue weighted by Crippen LogP contribution is 2.20. The second-order valence-electron chi connectivity index (χ2n) is 9.53. The van der Waals surface area contributed by atoms with Gasteiger partial charge in [-0.1, -0.05) is 44.2 Å². The number of carbonyl (C=O) groups is 5. The van der Waals surface area contributed by atoms with Crippen molar-refractivity contribution in [2.75, 3.05) is 13.7 Å². The van der Waals surface area contributed by atoms with E-state index in [0.29, 0.717) is 19.4 Å². The van der Waals surface area contributed by atoms with Gasteiger partial charge in [0.2, 0.25) is 29.9 Å². The van der Waals surface area contributed by atoms with Crippen LogP contribution >= 0.6 is 0 Å². The zero-order chi connectivity index (χ0) is 26.4. The Morgan fingerprint density at radius 2 is 1.61 bits per heavy atom. The fourth-order valence-corrected chi connectivity index (χ4v) is 4.41. The Morgan fingerprint density at radius 3 is 2.25 bits per heavy atom. The first-order valence-electron chi connectivity index (χ1n) is 12.2. The number of hydrogen-bond donors (Lipinski definition) is 4. The largest absolute Gasteiger partial charge is 0.353 e. The summed E-state index contributed by atoms with van der Waals surface area (Å²) >= 11 is 0. The van der Waals surface area contributed by atoms with Crippen LogP contribution in [0, 0.1) is 5.92 Å². The van der Waals surface area contributed by atoms with Crippen LogP contribution in [-0.4, -0.2) is 78.5 Å².